The zero-order valence-electron chi connectivity index (χ0n) is 16.7. The monoisotopic (exact) mass is 485 g/mol. The van der Waals surface area contributed by atoms with Crippen LogP contribution in [0.2, 0.25) is 0 Å². The van der Waals surface area contributed by atoms with Gasteiger partial charge in [-0.25, -0.2) is 4.98 Å². The van der Waals surface area contributed by atoms with Gasteiger partial charge in [0.05, 0.1) is 34.5 Å². The average Bonchev–Trinajstić information content (AvgIpc) is 3.38. The minimum absolute atomic E-state index is 0.133. The van der Waals surface area contributed by atoms with Gasteiger partial charge in [-0.2, -0.15) is 0 Å². The molecule has 1 aromatic carbocycles. The molecule has 160 valence electrons. The smallest absolute Gasteiger partial charge is 0.307 e. The number of aryl methyl sites for hydroxylation is 1. The lowest BCUT2D eigenvalue weighted by Crippen LogP contribution is -2.40. The van der Waals surface area contributed by atoms with E-state index in [0.717, 1.165) is 11.2 Å². The molecule has 4 rings (SSSR count). The number of aliphatic carboxylic acids is 1. The van der Waals surface area contributed by atoms with Crippen LogP contribution in [-0.2, 0) is 23.1 Å². The number of halogens is 1. The molecule has 0 saturated heterocycles. The number of rotatable bonds is 6. The standard InChI is InChI=1S/C20H20BrN7O3/c1-27-11-22-10-13(27)8-12(19(30)31)9-16(29)28-7-6-25-20(28)26-14-2-3-15-18(17(14)21)24-5-4-23-15/h2-5,10-12H,6-9H2,1H3,(H,25,26)(H,30,31)/t12-/m0/s1. The first-order chi connectivity index (χ1) is 14.9. The lowest BCUT2D eigenvalue weighted by molar-refractivity contribution is -0.145. The van der Waals surface area contributed by atoms with E-state index >= 15 is 0 Å². The highest BCUT2D eigenvalue weighted by Crippen LogP contribution is 2.29. The molecule has 0 bridgehead atoms. The van der Waals surface area contributed by atoms with Crippen molar-refractivity contribution in [2.45, 2.75) is 12.8 Å². The molecule has 0 spiro atoms. The highest BCUT2D eigenvalue weighted by Gasteiger charge is 2.30. The highest BCUT2D eigenvalue weighted by atomic mass is 79.9. The number of carbonyl (C=O) groups excluding carboxylic acids is 1. The Labute approximate surface area is 186 Å². The molecule has 3 heterocycles. The predicted octanol–water partition coefficient (Wildman–Crippen LogP) is 2.07. The average molecular weight is 486 g/mol. The number of hydrogen-bond donors (Lipinski definition) is 2. The Balaban J connectivity index is 1.48. The summed E-state index contributed by atoms with van der Waals surface area (Å²) in [7, 11) is 1.80. The van der Waals surface area contributed by atoms with Crippen LogP contribution in [0.4, 0.5) is 5.69 Å². The lowest BCUT2D eigenvalue weighted by atomic mass is 9.99. The number of carbonyl (C=O) groups is 2. The number of guanidine groups is 1. The second-order valence-electron chi connectivity index (χ2n) is 7.17. The molecule has 1 amide bonds. The van der Waals surface area contributed by atoms with Crippen LogP contribution in [0.15, 0.2) is 46.5 Å². The maximum Gasteiger partial charge on any atom is 0.307 e. The molecule has 0 fully saturated rings. The molecule has 31 heavy (non-hydrogen) atoms. The molecule has 0 aliphatic carbocycles. The molecular formula is C20H20BrN7O3. The molecule has 1 atom stereocenters. The molecule has 0 radical (unpaired) electrons. The van der Waals surface area contributed by atoms with Crippen LogP contribution in [0.1, 0.15) is 12.1 Å². The largest absolute Gasteiger partial charge is 0.481 e. The van der Waals surface area contributed by atoms with Crippen molar-refractivity contribution in [3.8, 4) is 0 Å². The molecule has 11 heteroatoms. The summed E-state index contributed by atoms with van der Waals surface area (Å²) in [5.74, 6) is -1.78. The molecule has 3 aromatic rings. The van der Waals surface area contributed by atoms with Gasteiger partial charge in [-0.15, -0.1) is 0 Å². The third-order valence-electron chi connectivity index (χ3n) is 5.11. The number of nitrogens with zero attached hydrogens (tertiary/aromatic N) is 6. The first kappa shape index (κ1) is 20.9. The van der Waals surface area contributed by atoms with E-state index < -0.39 is 11.9 Å². The summed E-state index contributed by atoms with van der Waals surface area (Å²) in [5.41, 5.74) is 2.87. The van der Waals surface area contributed by atoms with E-state index in [2.05, 4.69) is 41.2 Å². The normalized spacial score (nSPS) is 14.5. The van der Waals surface area contributed by atoms with Gasteiger partial charge in [0.25, 0.3) is 0 Å². The summed E-state index contributed by atoms with van der Waals surface area (Å²) in [6, 6.07) is 3.65. The number of carboxylic acids is 1. The number of aromatic nitrogens is 4. The van der Waals surface area contributed by atoms with Gasteiger partial charge in [-0.05, 0) is 28.1 Å². The van der Waals surface area contributed by atoms with Gasteiger partial charge >= 0.3 is 5.97 Å². The number of hydrogen-bond acceptors (Lipinski definition) is 7. The molecule has 0 saturated carbocycles. The van der Waals surface area contributed by atoms with Gasteiger partial charge in [0.2, 0.25) is 11.9 Å². The summed E-state index contributed by atoms with van der Waals surface area (Å²) in [6.07, 6.45) is 6.54. The molecule has 10 nitrogen and oxygen atoms in total. The van der Waals surface area contributed by atoms with Crippen molar-refractivity contribution in [2.75, 3.05) is 18.4 Å². The minimum atomic E-state index is -1.02. The zero-order chi connectivity index (χ0) is 22.0. The number of aliphatic imine (C=N–C) groups is 1. The Hall–Kier alpha value is -3.34. The second kappa shape index (κ2) is 8.80. The molecule has 0 unspecified atom stereocenters. The van der Waals surface area contributed by atoms with Crippen LogP contribution in [0.25, 0.3) is 11.0 Å². The van der Waals surface area contributed by atoms with Gasteiger partial charge in [0, 0.05) is 50.7 Å². The number of carboxylic acid groups (broad SMARTS) is 1. The van der Waals surface area contributed by atoms with Crippen LogP contribution in [-0.4, -0.2) is 60.5 Å². The van der Waals surface area contributed by atoms with E-state index in [-0.39, 0.29) is 18.7 Å². The van der Waals surface area contributed by atoms with Crippen LogP contribution < -0.4 is 5.32 Å². The molecule has 2 N–H and O–H groups in total. The van der Waals surface area contributed by atoms with Gasteiger partial charge < -0.3 is 15.0 Å². The van der Waals surface area contributed by atoms with Crippen LogP contribution in [0, 0.1) is 5.92 Å². The Bertz CT molecular complexity index is 1180. The third-order valence-corrected chi connectivity index (χ3v) is 5.91. The number of fused-ring (bicyclic) bond motifs is 1. The van der Waals surface area contributed by atoms with Crippen molar-refractivity contribution >= 4 is 50.5 Å². The van der Waals surface area contributed by atoms with E-state index in [9.17, 15) is 14.7 Å². The molecule has 1 aliphatic heterocycles. The number of anilines is 1. The van der Waals surface area contributed by atoms with Crippen molar-refractivity contribution in [2.24, 2.45) is 18.0 Å². The SMILES string of the molecule is Cn1cncc1C[C@@H](CC(=O)N1CCN=C1Nc1ccc2nccnc2c1Br)C(=O)O. The minimum Gasteiger partial charge on any atom is -0.481 e. The first-order valence-corrected chi connectivity index (χ1v) is 10.4. The Morgan fingerprint density at radius 1 is 1.29 bits per heavy atom. The first-order valence-electron chi connectivity index (χ1n) is 9.63. The van der Waals surface area contributed by atoms with E-state index in [1.54, 1.807) is 36.5 Å². The van der Waals surface area contributed by atoms with E-state index in [1.165, 1.54) is 4.90 Å². The fraction of sp³-hybridized carbons (Fsp3) is 0.300. The van der Waals surface area contributed by atoms with Crippen LogP contribution in [0.5, 0.6) is 0 Å². The van der Waals surface area contributed by atoms with Crippen LogP contribution in [0.3, 0.4) is 0 Å². The zero-order valence-corrected chi connectivity index (χ0v) is 18.3. The van der Waals surface area contributed by atoms with E-state index in [4.69, 9.17) is 0 Å². The highest BCUT2D eigenvalue weighted by molar-refractivity contribution is 9.10. The summed E-state index contributed by atoms with van der Waals surface area (Å²) >= 11 is 3.54. The molecule has 2 aromatic heterocycles. The quantitative estimate of drug-likeness (QED) is 0.547. The van der Waals surface area contributed by atoms with Gasteiger partial charge in [-0.3, -0.25) is 29.4 Å². The van der Waals surface area contributed by atoms with Crippen molar-refractivity contribution in [1.29, 1.82) is 0 Å². The van der Waals surface area contributed by atoms with Gasteiger partial charge in [-0.1, -0.05) is 0 Å². The number of amides is 1. The summed E-state index contributed by atoms with van der Waals surface area (Å²) in [5, 5.41) is 12.8. The second-order valence-corrected chi connectivity index (χ2v) is 7.96. The third kappa shape index (κ3) is 4.41. The number of benzene rings is 1. The van der Waals surface area contributed by atoms with Crippen molar-refractivity contribution < 1.29 is 14.7 Å². The van der Waals surface area contributed by atoms with Crippen molar-refractivity contribution in [3.05, 3.63) is 47.2 Å². The summed E-state index contributed by atoms with van der Waals surface area (Å²) < 4.78 is 2.46. The van der Waals surface area contributed by atoms with Crippen molar-refractivity contribution in [1.82, 2.24) is 24.4 Å². The topological polar surface area (TPSA) is 126 Å². The predicted molar refractivity (Wildman–Crippen MR) is 118 cm³/mol. The summed E-state index contributed by atoms with van der Waals surface area (Å²) in [4.78, 5) is 43.2. The fourth-order valence-electron chi connectivity index (χ4n) is 3.42. The number of nitrogens with one attached hydrogen (secondary N) is 1. The van der Waals surface area contributed by atoms with E-state index in [0.29, 0.717) is 34.7 Å². The lowest BCUT2D eigenvalue weighted by Gasteiger charge is -2.22. The Morgan fingerprint density at radius 2 is 2.10 bits per heavy atom. The maximum absolute atomic E-state index is 13.0. The number of imidazole rings is 1. The van der Waals surface area contributed by atoms with E-state index in [1.807, 2.05) is 12.1 Å². The van der Waals surface area contributed by atoms with Crippen LogP contribution >= 0.6 is 15.9 Å². The van der Waals surface area contributed by atoms with Crippen molar-refractivity contribution in [3.63, 3.8) is 0 Å². The van der Waals surface area contributed by atoms with Gasteiger partial charge in [0.15, 0.2) is 0 Å². The summed E-state index contributed by atoms with van der Waals surface area (Å²) in [6.45, 7) is 0.836. The Morgan fingerprint density at radius 3 is 2.84 bits per heavy atom. The fourth-order valence-corrected chi connectivity index (χ4v) is 3.96. The van der Waals surface area contributed by atoms with Gasteiger partial charge in [0.1, 0.15) is 5.52 Å². The Kier molecular flexibility index (Phi) is 5.94. The maximum atomic E-state index is 13.0. The molecule has 1 aliphatic rings. The molecular weight excluding hydrogens is 466 g/mol.